The molecule has 0 spiro atoms. The van der Waals surface area contributed by atoms with Crippen LogP contribution in [0.2, 0.25) is 0 Å². The lowest BCUT2D eigenvalue weighted by Crippen LogP contribution is -1.80. The number of aliphatic imine (C=N–C) groups is 1. The molecule has 66 valence electrons. The first kappa shape index (κ1) is 10.6. The topological polar surface area (TPSA) is 69.5 Å². The Morgan fingerprint density at radius 3 is 2.00 bits per heavy atom. The number of hydrogen-bond acceptors (Lipinski definition) is 4. The molecule has 0 saturated heterocycles. The summed E-state index contributed by atoms with van der Waals surface area (Å²) in [6, 6.07) is 5.72. The van der Waals surface area contributed by atoms with E-state index in [0.717, 1.165) is 13.2 Å². The summed E-state index contributed by atoms with van der Waals surface area (Å²) in [5.74, 6) is 0. The zero-order valence-electron chi connectivity index (χ0n) is 6.89. The molecule has 2 heterocycles. The van der Waals surface area contributed by atoms with E-state index in [4.69, 9.17) is 0 Å². The highest BCUT2D eigenvalue weighted by atomic mass is 16.5. The smallest absolute Gasteiger partial charge is 0.169 e. The van der Waals surface area contributed by atoms with Gasteiger partial charge in [0.15, 0.2) is 6.40 Å². The average molecular weight is 167 g/mol. The molecular weight excluding hydrogens is 154 g/mol. The molecule has 0 fully saturated rings. The monoisotopic (exact) mass is 167 g/mol. The van der Waals surface area contributed by atoms with Gasteiger partial charge in [-0.05, 0) is 12.1 Å². The van der Waals surface area contributed by atoms with Crippen molar-refractivity contribution in [3.05, 3.63) is 30.6 Å². The molecule has 0 saturated carbocycles. The summed E-state index contributed by atoms with van der Waals surface area (Å²) in [6.45, 7) is 1.62. The molecule has 0 bridgehead atoms. The van der Waals surface area contributed by atoms with Gasteiger partial charge in [-0.3, -0.25) is 9.98 Å². The predicted molar refractivity (Wildman–Crippen MR) is 48.6 cm³/mol. The summed E-state index contributed by atoms with van der Waals surface area (Å²) in [5, 5.41) is 0. The zero-order chi connectivity index (χ0) is 7.78. The minimum atomic E-state index is 0. The second kappa shape index (κ2) is 7.68. The lowest BCUT2D eigenvalue weighted by Gasteiger charge is -1.76. The van der Waals surface area contributed by atoms with E-state index < -0.39 is 0 Å². The van der Waals surface area contributed by atoms with Gasteiger partial charge in [0.25, 0.3) is 0 Å². The van der Waals surface area contributed by atoms with Crippen molar-refractivity contribution in [3.8, 4) is 0 Å². The van der Waals surface area contributed by atoms with Crippen LogP contribution < -0.4 is 6.15 Å². The van der Waals surface area contributed by atoms with Crippen LogP contribution in [0.15, 0.2) is 35.6 Å². The summed E-state index contributed by atoms with van der Waals surface area (Å²) in [5.41, 5.74) is 0. The van der Waals surface area contributed by atoms with Crippen molar-refractivity contribution in [2.75, 3.05) is 13.2 Å². The highest BCUT2D eigenvalue weighted by Crippen LogP contribution is 1.78. The molecular formula is C8H13N3O. The van der Waals surface area contributed by atoms with Crippen LogP contribution in [0.25, 0.3) is 0 Å². The highest BCUT2D eigenvalue weighted by Gasteiger charge is 1.84. The molecule has 0 unspecified atom stereocenters. The third kappa shape index (κ3) is 5.37. The van der Waals surface area contributed by atoms with Gasteiger partial charge < -0.3 is 10.9 Å². The van der Waals surface area contributed by atoms with Crippen molar-refractivity contribution in [1.29, 1.82) is 0 Å². The second-order valence-corrected chi connectivity index (χ2v) is 1.91. The van der Waals surface area contributed by atoms with E-state index in [2.05, 4.69) is 14.7 Å². The fourth-order valence-corrected chi connectivity index (χ4v) is 0.576. The van der Waals surface area contributed by atoms with E-state index in [1.807, 2.05) is 18.2 Å². The standard InChI is InChI=1S/C5H5N.C3H5NO.H3N/c1-2-4-6-5-3-1;1-2-5-3-4-1;/h1-5H;3H,1-2H2;1H3. The van der Waals surface area contributed by atoms with Crippen LogP contribution in [0.4, 0.5) is 0 Å². The first-order valence-electron chi connectivity index (χ1n) is 3.45. The van der Waals surface area contributed by atoms with Gasteiger partial charge in [0, 0.05) is 12.4 Å². The van der Waals surface area contributed by atoms with E-state index in [0.29, 0.717) is 0 Å². The number of nitrogens with zero attached hydrogens (tertiary/aromatic N) is 2. The summed E-state index contributed by atoms with van der Waals surface area (Å²) in [7, 11) is 0. The summed E-state index contributed by atoms with van der Waals surface area (Å²) in [6.07, 6.45) is 4.99. The maximum Gasteiger partial charge on any atom is 0.169 e. The maximum atomic E-state index is 4.65. The molecule has 1 aromatic rings. The Balaban J connectivity index is 0.000000189. The molecule has 4 nitrogen and oxygen atoms in total. The highest BCUT2D eigenvalue weighted by molar-refractivity contribution is 5.47. The fourth-order valence-electron chi connectivity index (χ4n) is 0.576. The molecule has 1 aliphatic heterocycles. The van der Waals surface area contributed by atoms with E-state index in [9.17, 15) is 0 Å². The molecule has 0 aromatic carbocycles. The number of hydrogen-bond donors (Lipinski definition) is 1. The Kier molecular flexibility index (Phi) is 6.78. The molecule has 0 aliphatic carbocycles. The lowest BCUT2D eigenvalue weighted by atomic mass is 10.5. The van der Waals surface area contributed by atoms with Gasteiger partial charge in [0.05, 0.1) is 6.54 Å². The largest absolute Gasteiger partial charge is 0.482 e. The quantitative estimate of drug-likeness (QED) is 0.633. The van der Waals surface area contributed by atoms with Crippen LogP contribution in [0.5, 0.6) is 0 Å². The molecule has 12 heavy (non-hydrogen) atoms. The van der Waals surface area contributed by atoms with Gasteiger partial charge in [-0.25, -0.2) is 0 Å². The van der Waals surface area contributed by atoms with Crippen LogP contribution in [-0.4, -0.2) is 24.5 Å². The number of rotatable bonds is 0. The van der Waals surface area contributed by atoms with Crippen molar-refractivity contribution in [2.45, 2.75) is 0 Å². The van der Waals surface area contributed by atoms with E-state index >= 15 is 0 Å². The molecule has 2 rings (SSSR count). The fraction of sp³-hybridized carbons (Fsp3) is 0.250. The number of aromatic nitrogens is 1. The van der Waals surface area contributed by atoms with Crippen LogP contribution in [0, 0.1) is 0 Å². The van der Waals surface area contributed by atoms with Gasteiger partial charge >= 0.3 is 0 Å². The SMILES string of the molecule is C1=NCCO1.N.c1ccncc1. The van der Waals surface area contributed by atoms with Crippen molar-refractivity contribution in [2.24, 2.45) is 4.99 Å². The lowest BCUT2D eigenvalue weighted by molar-refractivity contribution is 0.361. The Morgan fingerprint density at radius 2 is 1.83 bits per heavy atom. The summed E-state index contributed by atoms with van der Waals surface area (Å²) >= 11 is 0. The molecule has 0 atom stereocenters. The van der Waals surface area contributed by atoms with Crippen LogP contribution >= 0.6 is 0 Å². The zero-order valence-corrected chi connectivity index (χ0v) is 6.89. The van der Waals surface area contributed by atoms with Crippen molar-refractivity contribution in [3.63, 3.8) is 0 Å². The Labute approximate surface area is 71.9 Å². The molecule has 0 amide bonds. The molecule has 1 aliphatic rings. The van der Waals surface area contributed by atoms with Crippen LogP contribution in [0.3, 0.4) is 0 Å². The Bertz CT molecular complexity index is 168. The minimum Gasteiger partial charge on any atom is -0.482 e. The average Bonchev–Trinajstić information content (AvgIpc) is 2.64. The van der Waals surface area contributed by atoms with E-state index in [1.165, 1.54) is 6.40 Å². The van der Waals surface area contributed by atoms with Crippen LogP contribution in [0.1, 0.15) is 0 Å². The summed E-state index contributed by atoms with van der Waals surface area (Å²) in [4.78, 5) is 7.52. The summed E-state index contributed by atoms with van der Waals surface area (Å²) < 4.78 is 4.65. The van der Waals surface area contributed by atoms with Gasteiger partial charge in [-0.1, -0.05) is 6.07 Å². The number of pyridine rings is 1. The van der Waals surface area contributed by atoms with Gasteiger partial charge in [-0.15, -0.1) is 0 Å². The van der Waals surface area contributed by atoms with Crippen molar-refractivity contribution in [1.82, 2.24) is 11.1 Å². The maximum absolute atomic E-state index is 4.65. The first-order valence-corrected chi connectivity index (χ1v) is 3.45. The van der Waals surface area contributed by atoms with Crippen molar-refractivity contribution >= 4 is 6.40 Å². The Hall–Kier alpha value is -1.42. The third-order valence-electron chi connectivity index (χ3n) is 1.05. The molecule has 4 heteroatoms. The van der Waals surface area contributed by atoms with Crippen molar-refractivity contribution < 1.29 is 4.74 Å². The second-order valence-electron chi connectivity index (χ2n) is 1.91. The predicted octanol–water partition coefficient (Wildman–Crippen LogP) is 1.29. The van der Waals surface area contributed by atoms with Crippen LogP contribution in [-0.2, 0) is 4.74 Å². The molecule has 3 N–H and O–H groups in total. The Morgan fingerprint density at radius 1 is 1.08 bits per heavy atom. The minimum absolute atomic E-state index is 0. The van der Waals surface area contributed by atoms with Gasteiger partial charge in [0.2, 0.25) is 0 Å². The normalized spacial score (nSPS) is 12.0. The van der Waals surface area contributed by atoms with E-state index in [1.54, 1.807) is 12.4 Å². The van der Waals surface area contributed by atoms with Gasteiger partial charge in [-0.2, -0.15) is 0 Å². The number of ether oxygens (including phenoxy) is 1. The van der Waals surface area contributed by atoms with Gasteiger partial charge in [0.1, 0.15) is 6.61 Å². The third-order valence-corrected chi connectivity index (χ3v) is 1.05. The van der Waals surface area contributed by atoms with E-state index in [-0.39, 0.29) is 6.15 Å². The molecule has 0 radical (unpaired) electrons. The first-order chi connectivity index (χ1) is 5.50. The molecule has 1 aromatic heterocycles.